The van der Waals surface area contributed by atoms with Gasteiger partial charge in [-0.25, -0.2) is 5.01 Å². The number of halogens is 1. The number of nitrogens with one attached hydrogen (secondary N) is 2. The van der Waals surface area contributed by atoms with E-state index in [1.54, 1.807) is 61.6 Å². The lowest BCUT2D eigenvalue weighted by molar-refractivity contribution is -0.127. The smallest absolute Gasteiger partial charge is 0.269 e. The molecule has 0 heterocycles. The van der Waals surface area contributed by atoms with Gasteiger partial charge in [0.2, 0.25) is 0 Å². The highest BCUT2D eigenvalue weighted by Crippen LogP contribution is 2.19. The quantitative estimate of drug-likeness (QED) is 0.587. The zero-order valence-electron chi connectivity index (χ0n) is 12.5. The molecule has 0 aliphatic carbocycles. The van der Waals surface area contributed by atoms with Crippen molar-refractivity contribution in [1.82, 2.24) is 15.9 Å². The second-order valence-corrected chi connectivity index (χ2v) is 5.37. The van der Waals surface area contributed by atoms with Crippen LogP contribution in [0.25, 0.3) is 0 Å². The maximum absolute atomic E-state index is 12.3. The third-order valence-corrected chi connectivity index (χ3v) is 3.43. The van der Waals surface area contributed by atoms with Crippen molar-refractivity contribution in [2.75, 3.05) is 7.05 Å². The first-order valence-electron chi connectivity index (χ1n) is 6.87. The van der Waals surface area contributed by atoms with Crippen molar-refractivity contribution in [3.8, 4) is 0 Å². The van der Waals surface area contributed by atoms with Gasteiger partial charge >= 0.3 is 0 Å². The number of amides is 2. The third kappa shape index (κ3) is 4.53. The number of hydrogen-bond donors (Lipinski definition) is 3. The van der Waals surface area contributed by atoms with E-state index in [2.05, 4.69) is 10.9 Å². The fourth-order valence-corrected chi connectivity index (χ4v) is 2.19. The predicted octanol–water partition coefficient (Wildman–Crippen LogP) is 1.65. The van der Waals surface area contributed by atoms with Gasteiger partial charge in [0.25, 0.3) is 11.8 Å². The van der Waals surface area contributed by atoms with Crippen molar-refractivity contribution in [3.05, 3.63) is 70.7 Å². The maximum Gasteiger partial charge on any atom is 0.269 e. The third-order valence-electron chi connectivity index (χ3n) is 3.18. The largest absolute Gasteiger partial charge is 0.271 e. The van der Waals surface area contributed by atoms with E-state index in [1.165, 1.54) is 5.01 Å². The van der Waals surface area contributed by atoms with Crippen molar-refractivity contribution < 1.29 is 9.59 Å². The van der Waals surface area contributed by atoms with Gasteiger partial charge in [0.05, 0.1) is 0 Å². The van der Waals surface area contributed by atoms with Crippen molar-refractivity contribution in [2.24, 2.45) is 5.84 Å². The second kappa shape index (κ2) is 7.73. The second-order valence-electron chi connectivity index (χ2n) is 4.93. The Balaban J connectivity index is 2.04. The maximum atomic E-state index is 12.3. The molecule has 0 saturated carbocycles. The number of likely N-dealkylation sites (N-methyl/N-ethyl adjacent to an activating group) is 1. The summed E-state index contributed by atoms with van der Waals surface area (Å²) in [6, 6.07) is 14.6. The van der Waals surface area contributed by atoms with Gasteiger partial charge in [0.1, 0.15) is 6.04 Å². The van der Waals surface area contributed by atoms with E-state index in [9.17, 15) is 9.59 Å². The van der Waals surface area contributed by atoms with Crippen LogP contribution < -0.4 is 16.7 Å². The Morgan fingerprint density at radius 1 is 1.04 bits per heavy atom. The number of rotatable bonds is 4. The van der Waals surface area contributed by atoms with Crippen LogP contribution in [0.15, 0.2) is 54.6 Å². The molecule has 1 unspecified atom stereocenters. The topological polar surface area (TPSA) is 87.5 Å². The van der Waals surface area contributed by atoms with Crippen molar-refractivity contribution in [2.45, 2.75) is 6.04 Å². The summed E-state index contributed by atoms with van der Waals surface area (Å²) in [5.41, 5.74) is 5.85. The first-order chi connectivity index (χ1) is 11.0. The minimum atomic E-state index is -0.761. The zero-order chi connectivity index (χ0) is 16.8. The fraction of sp³-hybridized carbons (Fsp3) is 0.125. The van der Waals surface area contributed by atoms with Gasteiger partial charge in [0.15, 0.2) is 0 Å². The number of carbonyl (C=O) groups is 2. The Labute approximate surface area is 139 Å². The Morgan fingerprint density at radius 3 is 2.22 bits per heavy atom. The van der Waals surface area contributed by atoms with Crippen molar-refractivity contribution >= 4 is 23.4 Å². The first-order valence-corrected chi connectivity index (χ1v) is 7.25. The first kappa shape index (κ1) is 17.0. The molecule has 2 rings (SSSR count). The van der Waals surface area contributed by atoms with E-state index >= 15 is 0 Å². The summed E-state index contributed by atoms with van der Waals surface area (Å²) in [5.74, 6) is 4.89. The average Bonchev–Trinajstić information content (AvgIpc) is 2.55. The molecule has 120 valence electrons. The highest BCUT2D eigenvalue weighted by molar-refractivity contribution is 6.30. The van der Waals surface area contributed by atoms with Crippen molar-refractivity contribution in [3.63, 3.8) is 0 Å². The Bertz CT molecular complexity index is 674. The monoisotopic (exact) mass is 332 g/mol. The molecule has 0 aliphatic rings. The van der Waals surface area contributed by atoms with E-state index in [4.69, 9.17) is 17.4 Å². The minimum Gasteiger partial charge on any atom is -0.271 e. The van der Waals surface area contributed by atoms with E-state index in [0.717, 1.165) is 0 Å². The van der Waals surface area contributed by atoms with Gasteiger partial charge in [-0.2, -0.15) is 0 Å². The van der Waals surface area contributed by atoms with E-state index < -0.39 is 17.9 Å². The van der Waals surface area contributed by atoms with Crippen molar-refractivity contribution in [1.29, 1.82) is 0 Å². The lowest BCUT2D eigenvalue weighted by Crippen LogP contribution is -2.48. The molecule has 23 heavy (non-hydrogen) atoms. The number of benzene rings is 2. The van der Waals surface area contributed by atoms with Crippen LogP contribution in [0.5, 0.6) is 0 Å². The van der Waals surface area contributed by atoms with Crippen LogP contribution >= 0.6 is 11.6 Å². The number of nitrogens with zero attached hydrogens (tertiary/aromatic N) is 1. The van der Waals surface area contributed by atoms with E-state index in [-0.39, 0.29) is 0 Å². The summed E-state index contributed by atoms with van der Waals surface area (Å²) in [6.07, 6.45) is 0. The number of hydrazine groups is 2. The molecule has 1 atom stereocenters. The summed E-state index contributed by atoms with van der Waals surface area (Å²) in [5, 5.41) is 1.82. The molecule has 0 bridgehead atoms. The number of nitrogens with two attached hydrogens (primary N) is 1. The molecule has 0 spiro atoms. The van der Waals surface area contributed by atoms with Crippen LogP contribution in [0.3, 0.4) is 0 Å². The normalized spacial score (nSPS) is 11.8. The predicted molar refractivity (Wildman–Crippen MR) is 88.2 cm³/mol. The SMILES string of the molecule is CN(N)C(C(=O)NNC(=O)c1ccccc1)c1ccc(Cl)cc1. The van der Waals surface area contributed by atoms with Gasteiger partial charge < -0.3 is 0 Å². The van der Waals surface area contributed by atoms with Gasteiger partial charge in [-0.05, 0) is 29.8 Å². The van der Waals surface area contributed by atoms with E-state index in [1.807, 2.05) is 0 Å². The summed E-state index contributed by atoms with van der Waals surface area (Å²) in [4.78, 5) is 24.3. The Hall–Kier alpha value is -2.41. The van der Waals surface area contributed by atoms with Crippen LogP contribution in [0, 0.1) is 0 Å². The van der Waals surface area contributed by atoms with E-state index in [0.29, 0.717) is 16.1 Å². The van der Waals surface area contributed by atoms with Crippen LogP contribution in [0.1, 0.15) is 22.0 Å². The Kier molecular flexibility index (Phi) is 5.70. The van der Waals surface area contributed by atoms with Gasteiger partial charge in [-0.15, -0.1) is 0 Å². The summed E-state index contributed by atoms with van der Waals surface area (Å²) in [6.45, 7) is 0. The molecule has 2 aromatic carbocycles. The standard InChI is InChI=1S/C16H17ClN4O2/c1-21(18)14(11-7-9-13(17)10-8-11)16(23)20-19-15(22)12-5-3-2-4-6-12/h2-10,14H,18H2,1H3,(H,19,22)(H,20,23). The number of carbonyl (C=O) groups excluding carboxylic acids is 2. The lowest BCUT2D eigenvalue weighted by Gasteiger charge is -2.23. The fourth-order valence-electron chi connectivity index (χ4n) is 2.06. The molecule has 0 aromatic heterocycles. The highest BCUT2D eigenvalue weighted by Gasteiger charge is 2.24. The van der Waals surface area contributed by atoms with Crippen LogP contribution in [-0.4, -0.2) is 23.9 Å². The molecule has 2 amide bonds. The molecule has 6 nitrogen and oxygen atoms in total. The van der Waals surface area contributed by atoms with Crippen LogP contribution in [0.4, 0.5) is 0 Å². The highest BCUT2D eigenvalue weighted by atomic mass is 35.5. The van der Waals surface area contributed by atoms with Gasteiger partial charge in [0, 0.05) is 17.6 Å². The van der Waals surface area contributed by atoms with Crippen LogP contribution in [-0.2, 0) is 4.79 Å². The lowest BCUT2D eigenvalue weighted by atomic mass is 10.1. The zero-order valence-corrected chi connectivity index (χ0v) is 13.2. The molecular weight excluding hydrogens is 316 g/mol. The van der Waals surface area contributed by atoms with Gasteiger partial charge in [-0.3, -0.25) is 26.3 Å². The summed E-state index contributed by atoms with van der Waals surface area (Å²) >= 11 is 5.84. The molecule has 0 fully saturated rings. The molecule has 4 N–H and O–H groups in total. The molecule has 0 aliphatic heterocycles. The molecule has 2 aromatic rings. The summed E-state index contributed by atoms with van der Waals surface area (Å²) < 4.78 is 0. The van der Waals surface area contributed by atoms with Crippen LogP contribution in [0.2, 0.25) is 5.02 Å². The average molecular weight is 333 g/mol. The summed E-state index contributed by atoms with van der Waals surface area (Å²) in [7, 11) is 1.57. The van der Waals surface area contributed by atoms with Gasteiger partial charge in [-0.1, -0.05) is 41.9 Å². The molecule has 7 heteroatoms. The molecule has 0 saturated heterocycles. The molecule has 0 radical (unpaired) electrons. The Morgan fingerprint density at radius 2 is 1.65 bits per heavy atom. The number of hydrogen-bond acceptors (Lipinski definition) is 4. The minimum absolute atomic E-state index is 0.409. The molecular formula is C16H17ClN4O2.